The maximum atomic E-state index is 10.9. The number of ether oxygens (including phenoxy) is 1. The third-order valence-electron chi connectivity index (χ3n) is 3.40. The second kappa shape index (κ2) is 6.14. The molecular weight excluding hydrogens is 298 g/mol. The minimum Gasteiger partial charge on any atom is -0.383 e. The molecule has 0 spiro atoms. The van der Waals surface area contributed by atoms with Gasteiger partial charge in [-0.2, -0.15) is 5.10 Å². The summed E-state index contributed by atoms with van der Waals surface area (Å²) >= 11 is 3.50. The van der Waals surface area contributed by atoms with Crippen molar-refractivity contribution in [2.75, 3.05) is 26.8 Å². The molecule has 2 rings (SSSR count). The summed E-state index contributed by atoms with van der Waals surface area (Å²) in [6.07, 6.45) is 4.20. The van der Waals surface area contributed by atoms with Gasteiger partial charge in [-0.05, 0) is 48.3 Å². The molecule has 1 aliphatic heterocycles. The van der Waals surface area contributed by atoms with E-state index in [-0.39, 0.29) is 0 Å². The predicted octanol–water partition coefficient (Wildman–Crippen LogP) is 1.25. The second-order valence-corrected chi connectivity index (χ2v) is 5.55. The highest BCUT2D eigenvalue weighted by Crippen LogP contribution is 2.35. The molecule has 1 unspecified atom stereocenters. The number of halogens is 1. The van der Waals surface area contributed by atoms with Gasteiger partial charge in [0, 0.05) is 7.11 Å². The first-order chi connectivity index (χ1) is 8.67. The van der Waals surface area contributed by atoms with Crippen LogP contribution in [0.3, 0.4) is 0 Å². The fourth-order valence-corrected chi connectivity index (χ4v) is 3.13. The number of rotatable bonds is 4. The minimum atomic E-state index is -0.799. The van der Waals surface area contributed by atoms with E-state index in [0.717, 1.165) is 36.1 Å². The highest BCUT2D eigenvalue weighted by atomic mass is 79.9. The van der Waals surface area contributed by atoms with E-state index in [9.17, 15) is 5.11 Å². The van der Waals surface area contributed by atoms with Crippen LogP contribution >= 0.6 is 15.9 Å². The molecule has 1 saturated heterocycles. The molecule has 102 valence electrons. The van der Waals surface area contributed by atoms with Crippen LogP contribution in [-0.4, -0.2) is 41.7 Å². The topological polar surface area (TPSA) is 59.3 Å². The zero-order valence-electron chi connectivity index (χ0n) is 10.7. The maximum absolute atomic E-state index is 10.9. The van der Waals surface area contributed by atoms with Crippen LogP contribution in [0.25, 0.3) is 0 Å². The molecular formula is C12H20BrN3O2. The van der Waals surface area contributed by atoms with Crippen molar-refractivity contribution >= 4 is 15.9 Å². The summed E-state index contributed by atoms with van der Waals surface area (Å²) in [6, 6.07) is 0. The van der Waals surface area contributed by atoms with Crippen molar-refractivity contribution in [2.45, 2.75) is 31.4 Å². The molecule has 18 heavy (non-hydrogen) atoms. The molecule has 0 saturated carbocycles. The first-order valence-electron chi connectivity index (χ1n) is 6.31. The number of hydrogen-bond acceptors (Lipinski definition) is 4. The average molecular weight is 318 g/mol. The number of nitrogens with zero attached hydrogens (tertiary/aromatic N) is 2. The summed E-state index contributed by atoms with van der Waals surface area (Å²) in [6.45, 7) is 3.05. The third-order valence-corrected chi connectivity index (χ3v) is 3.98. The lowest BCUT2D eigenvalue weighted by atomic mass is 9.91. The third kappa shape index (κ3) is 2.93. The Morgan fingerprint density at radius 3 is 3.17 bits per heavy atom. The van der Waals surface area contributed by atoms with Crippen LogP contribution in [0, 0.1) is 0 Å². The van der Waals surface area contributed by atoms with E-state index in [4.69, 9.17) is 4.74 Å². The van der Waals surface area contributed by atoms with E-state index in [1.54, 1.807) is 13.3 Å². The van der Waals surface area contributed by atoms with Gasteiger partial charge in [0.15, 0.2) is 0 Å². The predicted molar refractivity (Wildman–Crippen MR) is 72.4 cm³/mol. The van der Waals surface area contributed by atoms with Crippen molar-refractivity contribution in [2.24, 2.45) is 0 Å². The molecule has 0 amide bonds. The van der Waals surface area contributed by atoms with Crippen molar-refractivity contribution in [3.05, 3.63) is 16.4 Å². The highest BCUT2D eigenvalue weighted by Gasteiger charge is 2.35. The molecule has 1 aromatic rings. The number of hydrogen-bond donors (Lipinski definition) is 2. The Bertz CT molecular complexity index is 387. The Balaban J connectivity index is 2.26. The lowest BCUT2D eigenvalue weighted by molar-refractivity contribution is 0.0132. The smallest absolute Gasteiger partial charge is 0.109 e. The molecule has 0 aromatic carbocycles. The zero-order chi connectivity index (χ0) is 13.0. The molecule has 1 atom stereocenters. The number of aliphatic hydroxyl groups is 1. The van der Waals surface area contributed by atoms with Gasteiger partial charge in [0.05, 0.1) is 29.5 Å². The molecule has 5 nitrogen and oxygen atoms in total. The first kappa shape index (κ1) is 14.0. The quantitative estimate of drug-likeness (QED) is 0.877. The lowest BCUT2D eigenvalue weighted by Crippen LogP contribution is -2.31. The summed E-state index contributed by atoms with van der Waals surface area (Å²) in [5.41, 5.74) is 0.0790. The fourth-order valence-electron chi connectivity index (χ4n) is 2.46. The Labute approximate surface area is 116 Å². The highest BCUT2D eigenvalue weighted by molar-refractivity contribution is 9.10. The lowest BCUT2D eigenvalue weighted by Gasteiger charge is -2.27. The normalized spacial score (nSPS) is 25.1. The van der Waals surface area contributed by atoms with Crippen LogP contribution < -0.4 is 5.32 Å². The minimum absolute atomic E-state index is 0.593. The van der Waals surface area contributed by atoms with Gasteiger partial charge in [-0.25, -0.2) is 0 Å². The summed E-state index contributed by atoms with van der Waals surface area (Å²) in [5, 5.41) is 18.5. The van der Waals surface area contributed by atoms with Gasteiger partial charge in [0.25, 0.3) is 0 Å². The van der Waals surface area contributed by atoms with Gasteiger partial charge < -0.3 is 15.2 Å². The summed E-state index contributed by atoms with van der Waals surface area (Å²) in [4.78, 5) is 0. The molecule has 0 radical (unpaired) electrons. The monoisotopic (exact) mass is 317 g/mol. The van der Waals surface area contributed by atoms with Crippen molar-refractivity contribution in [1.82, 2.24) is 15.1 Å². The van der Waals surface area contributed by atoms with Crippen molar-refractivity contribution < 1.29 is 9.84 Å². The Morgan fingerprint density at radius 1 is 1.56 bits per heavy atom. The van der Waals surface area contributed by atoms with Crippen LogP contribution in [0.15, 0.2) is 10.7 Å². The molecule has 6 heteroatoms. The molecule has 0 bridgehead atoms. The summed E-state index contributed by atoms with van der Waals surface area (Å²) in [5.74, 6) is 0. The summed E-state index contributed by atoms with van der Waals surface area (Å²) < 4.78 is 7.81. The van der Waals surface area contributed by atoms with Crippen LogP contribution in [0.5, 0.6) is 0 Å². The SMILES string of the molecule is COCCn1ncc(Br)c1C1(O)CCCNCC1. The molecule has 1 fully saturated rings. The van der Waals surface area contributed by atoms with E-state index in [0.29, 0.717) is 19.6 Å². The molecule has 0 aliphatic carbocycles. The van der Waals surface area contributed by atoms with Crippen molar-refractivity contribution in [1.29, 1.82) is 0 Å². The Hall–Kier alpha value is -0.430. The van der Waals surface area contributed by atoms with Crippen molar-refractivity contribution in [3.8, 4) is 0 Å². The maximum Gasteiger partial charge on any atom is 0.109 e. The van der Waals surface area contributed by atoms with Gasteiger partial charge in [-0.15, -0.1) is 0 Å². The van der Waals surface area contributed by atoms with E-state index >= 15 is 0 Å². The van der Waals surface area contributed by atoms with Crippen LogP contribution in [0.2, 0.25) is 0 Å². The van der Waals surface area contributed by atoms with E-state index in [2.05, 4.69) is 26.3 Å². The Morgan fingerprint density at radius 2 is 2.39 bits per heavy atom. The second-order valence-electron chi connectivity index (χ2n) is 4.69. The number of nitrogens with one attached hydrogen (secondary N) is 1. The van der Waals surface area contributed by atoms with Gasteiger partial charge in [-0.1, -0.05) is 0 Å². The largest absolute Gasteiger partial charge is 0.383 e. The standard InChI is InChI=1S/C12H20BrN3O2/c1-18-8-7-16-11(10(13)9-15-16)12(17)3-2-5-14-6-4-12/h9,14,17H,2-8H2,1H3. The van der Waals surface area contributed by atoms with E-state index in [1.807, 2.05) is 4.68 Å². The van der Waals surface area contributed by atoms with Crippen LogP contribution in [0.1, 0.15) is 25.0 Å². The van der Waals surface area contributed by atoms with Crippen LogP contribution in [-0.2, 0) is 16.9 Å². The first-order valence-corrected chi connectivity index (χ1v) is 7.10. The van der Waals surface area contributed by atoms with E-state index < -0.39 is 5.60 Å². The number of methoxy groups -OCH3 is 1. The number of aromatic nitrogens is 2. The average Bonchev–Trinajstić information content (AvgIpc) is 2.58. The van der Waals surface area contributed by atoms with E-state index in [1.165, 1.54) is 0 Å². The van der Waals surface area contributed by atoms with Gasteiger partial charge in [-0.3, -0.25) is 4.68 Å². The zero-order valence-corrected chi connectivity index (χ0v) is 12.2. The molecule has 1 aliphatic rings. The Kier molecular flexibility index (Phi) is 4.77. The van der Waals surface area contributed by atoms with Gasteiger partial charge in [0.2, 0.25) is 0 Å². The molecule has 2 heterocycles. The molecule has 2 N–H and O–H groups in total. The van der Waals surface area contributed by atoms with Crippen molar-refractivity contribution in [3.63, 3.8) is 0 Å². The van der Waals surface area contributed by atoms with Crippen LogP contribution in [0.4, 0.5) is 0 Å². The fraction of sp³-hybridized carbons (Fsp3) is 0.750. The molecule has 1 aromatic heterocycles. The van der Waals surface area contributed by atoms with Gasteiger partial charge in [0.1, 0.15) is 5.60 Å². The summed E-state index contributed by atoms with van der Waals surface area (Å²) in [7, 11) is 1.67. The van der Waals surface area contributed by atoms with Gasteiger partial charge >= 0.3 is 0 Å².